The van der Waals surface area contributed by atoms with Crippen LogP contribution in [0.2, 0.25) is 0 Å². The van der Waals surface area contributed by atoms with Gasteiger partial charge in [-0.25, -0.2) is 0 Å². The summed E-state index contributed by atoms with van der Waals surface area (Å²) < 4.78 is 10.8. The van der Waals surface area contributed by atoms with Gasteiger partial charge < -0.3 is 24.2 Å². The number of quaternary nitrogens is 1. The van der Waals surface area contributed by atoms with E-state index in [4.69, 9.17) is 9.47 Å². The smallest absolute Gasteiger partial charge is 0.278 e. The van der Waals surface area contributed by atoms with Crippen molar-refractivity contribution in [3.63, 3.8) is 0 Å². The molecule has 2 aliphatic rings. The number of nitrogens with one attached hydrogen (secondary N) is 1. The van der Waals surface area contributed by atoms with E-state index in [1.165, 1.54) is 10.6 Å². The highest BCUT2D eigenvalue weighted by Gasteiger charge is 2.25. The highest BCUT2D eigenvalue weighted by Crippen LogP contribution is 2.32. The van der Waals surface area contributed by atoms with Gasteiger partial charge in [0.25, 0.3) is 5.91 Å². The van der Waals surface area contributed by atoms with Gasteiger partial charge in [-0.05, 0) is 36.8 Å². The third-order valence-electron chi connectivity index (χ3n) is 5.54. The molecule has 0 spiro atoms. The van der Waals surface area contributed by atoms with Gasteiger partial charge in [0.2, 0.25) is 6.79 Å². The predicted molar refractivity (Wildman–Crippen MR) is 108 cm³/mol. The molecule has 6 nitrogen and oxygen atoms in total. The number of fused-ring (bicyclic) bond motifs is 1. The molecule has 0 unspecified atom stereocenters. The van der Waals surface area contributed by atoms with Gasteiger partial charge in [0, 0.05) is 18.8 Å². The monoisotopic (exact) mass is 382 g/mol. The third kappa shape index (κ3) is 4.22. The first kappa shape index (κ1) is 18.6. The maximum Gasteiger partial charge on any atom is 0.278 e. The highest BCUT2D eigenvalue weighted by atomic mass is 16.7. The van der Waals surface area contributed by atoms with Crippen LogP contribution < -0.4 is 19.3 Å². The molecule has 0 radical (unpaired) electrons. The van der Waals surface area contributed by atoms with Gasteiger partial charge in [0.15, 0.2) is 18.0 Å². The Kier molecular flexibility index (Phi) is 5.67. The number of amides is 1. The molecule has 0 aliphatic carbocycles. The number of ether oxygens (including phenoxy) is 2. The largest absolute Gasteiger partial charge is 0.454 e. The van der Waals surface area contributed by atoms with Crippen LogP contribution in [-0.4, -0.2) is 56.9 Å². The van der Waals surface area contributed by atoms with Crippen molar-refractivity contribution in [1.82, 2.24) is 4.90 Å². The Hall–Kier alpha value is -2.73. The average Bonchev–Trinajstić information content (AvgIpc) is 3.21. The average molecular weight is 382 g/mol. The van der Waals surface area contributed by atoms with Crippen LogP contribution in [0.25, 0.3) is 0 Å². The van der Waals surface area contributed by atoms with Crippen molar-refractivity contribution >= 4 is 11.6 Å². The zero-order valence-electron chi connectivity index (χ0n) is 16.4. The van der Waals surface area contributed by atoms with E-state index in [0.717, 1.165) is 43.2 Å². The summed E-state index contributed by atoms with van der Waals surface area (Å²) in [5, 5.41) is 0. The van der Waals surface area contributed by atoms with E-state index in [1.54, 1.807) is 0 Å². The lowest BCUT2D eigenvalue weighted by Crippen LogP contribution is -3.15. The molecule has 0 bridgehead atoms. The van der Waals surface area contributed by atoms with Crippen molar-refractivity contribution < 1.29 is 19.2 Å². The van der Waals surface area contributed by atoms with Crippen LogP contribution in [0.15, 0.2) is 48.5 Å². The molecule has 148 valence electrons. The van der Waals surface area contributed by atoms with Crippen LogP contribution in [0, 0.1) is 0 Å². The Morgan fingerprint density at radius 2 is 1.82 bits per heavy atom. The van der Waals surface area contributed by atoms with Crippen LogP contribution >= 0.6 is 0 Å². The van der Waals surface area contributed by atoms with Crippen molar-refractivity contribution in [2.24, 2.45) is 0 Å². The Morgan fingerprint density at radius 1 is 1.07 bits per heavy atom. The summed E-state index contributed by atoms with van der Waals surface area (Å²) in [5.41, 5.74) is 2.34. The number of hydrogen-bond acceptors (Lipinski definition) is 4. The summed E-state index contributed by atoms with van der Waals surface area (Å²) in [6.45, 7) is 8.13. The number of rotatable bonds is 6. The number of carbonyl (C=O) groups is 1. The first-order chi connectivity index (χ1) is 13.7. The van der Waals surface area contributed by atoms with E-state index in [2.05, 4.69) is 29.2 Å². The fourth-order valence-electron chi connectivity index (χ4n) is 3.86. The van der Waals surface area contributed by atoms with Crippen molar-refractivity contribution in [2.45, 2.75) is 13.5 Å². The molecule has 2 aliphatic heterocycles. The standard InChI is InChI=1S/C22H27N3O3/c1-2-24(15-18-8-9-20-21(14-18)28-17-27-20)22(26)16-23-10-12-25(13-11-23)19-6-4-3-5-7-19/h3-9,14H,2,10-13,15-17H2,1H3/p+1. The lowest BCUT2D eigenvalue weighted by atomic mass is 10.2. The summed E-state index contributed by atoms with van der Waals surface area (Å²) in [6.07, 6.45) is 0. The highest BCUT2D eigenvalue weighted by molar-refractivity contribution is 5.77. The van der Waals surface area contributed by atoms with Crippen LogP contribution in [0.5, 0.6) is 11.5 Å². The number of para-hydroxylation sites is 1. The van der Waals surface area contributed by atoms with E-state index in [-0.39, 0.29) is 12.7 Å². The molecule has 1 N–H and O–H groups in total. The van der Waals surface area contributed by atoms with Gasteiger partial charge in [-0.15, -0.1) is 0 Å². The minimum Gasteiger partial charge on any atom is -0.454 e. The lowest BCUT2D eigenvalue weighted by Gasteiger charge is -2.34. The molecule has 1 amide bonds. The Labute approximate surface area is 166 Å². The van der Waals surface area contributed by atoms with Crippen LogP contribution in [0.3, 0.4) is 0 Å². The molecule has 0 saturated carbocycles. The first-order valence-electron chi connectivity index (χ1n) is 10.0. The predicted octanol–water partition coefficient (Wildman–Crippen LogP) is 1.17. The van der Waals surface area contributed by atoms with Crippen LogP contribution in [0.1, 0.15) is 12.5 Å². The van der Waals surface area contributed by atoms with Gasteiger partial charge in [0.05, 0.1) is 26.2 Å². The van der Waals surface area contributed by atoms with Gasteiger partial charge in [-0.1, -0.05) is 24.3 Å². The second kappa shape index (κ2) is 8.52. The quantitative estimate of drug-likeness (QED) is 0.815. The topological polar surface area (TPSA) is 46.5 Å². The molecule has 4 rings (SSSR count). The Morgan fingerprint density at radius 3 is 2.57 bits per heavy atom. The molecule has 2 aromatic carbocycles. The summed E-state index contributed by atoms with van der Waals surface area (Å²) in [5.74, 6) is 1.76. The number of piperazine rings is 1. The molecule has 6 heteroatoms. The van der Waals surface area contributed by atoms with Crippen molar-refractivity contribution in [1.29, 1.82) is 0 Å². The minimum absolute atomic E-state index is 0.211. The van der Waals surface area contributed by atoms with Gasteiger partial charge in [-0.3, -0.25) is 4.79 Å². The van der Waals surface area contributed by atoms with E-state index in [0.29, 0.717) is 19.6 Å². The summed E-state index contributed by atoms with van der Waals surface area (Å²) in [4.78, 5) is 18.6. The zero-order valence-corrected chi connectivity index (χ0v) is 16.4. The number of hydrogen-bond donors (Lipinski definition) is 1. The van der Waals surface area contributed by atoms with Crippen molar-refractivity contribution in [3.05, 3.63) is 54.1 Å². The fraction of sp³-hybridized carbons (Fsp3) is 0.409. The number of likely N-dealkylation sites (N-methyl/N-ethyl adjacent to an activating group) is 1. The number of carbonyl (C=O) groups excluding carboxylic acids is 1. The normalized spacial score (nSPS) is 16.2. The summed E-state index contributed by atoms with van der Waals surface area (Å²) >= 11 is 0. The molecule has 2 heterocycles. The molecular formula is C22H28N3O3+. The third-order valence-corrected chi connectivity index (χ3v) is 5.54. The zero-order chi connectivity index (χ0) is 19.3. The summed E-state index contributed by atoms with van der Waals surface area (Å²) in [6, 6.07) is 16.4. The minimum atomic E-state index is 0.211. The second-order valence-electron chi connectivity index (χ2n) is 7.34. The first-order valence-corrected chi connectivity index (χ1v) is 10.0. The molecule has 0 aromatic heterocycles. The van der Waals surface area contributed by atoms with Crippen LogP contribution in [0.4, 0.5) is 5.69 Å². The fourth-order valence-corrected chi connectivity index (χ4v) is 3.86. The Bertz CT molecular complexity index is 804. The van der Waals surface area contributed by atoms with Gasteiger partial charge >= 0.3 is 0 Å². The Balaban J connectivity index is 1.30. The molecule has 0 atom stereocenters. The maximum absolute atomic E-state index is 12.9. The van der Waals surface area contributed by atoms with E-state index < -0.39 is 0 Å². The summed E-state index contributed by atoms with van der Waals surface area (Å²) in [7, 11) is 0. The van der Waals surface area contributed by atoms with E-state index in [9.17, 15) is 4.79 Å². The molecule has 1 fully saturated rings. The number of benzene rings is 2. The maximum atomic E-state index is 12.9. The SMILES string of the molecule is CCN(Cc1ccc2c(c1)OCO2)C(=O)C[NH+]1CCN(c2ccccc2)CC1. The molecule has 28 heavy (non-hydrogen) atoms. The molecule has 2 aromatic rings. The van der Waals surface area contributed by atoms with Crippen molar-refractivity contribution in [2.75, 3.05) is 51.0 Å². The number of anilines is 1. The van der Waals surface area contributed by atoms with E-state index >= 15 is 0 Å². The van der Waals surface area contributed by atoms with E-state index in [1.807, 2.05) is 36.1 Å². The van der Waals surface area contributed by atoms with Gasteiger partial charge in [-0.2, -0.15) is 0 Å². The molecular weight excluding hydrogens is 354 g/mol. The van der Waals surface area contributed by atoms with Gasteiger partial charge in [0.1, 0.15) is 0 Å². The second-order valence-corrected chi connectivity index (χ2v) is 7.34. The lowest BCUT2D eigenvalue weighted by molar-refractivity contribution is -0.892. The van der Waals surface area contributed by atoms with Crippen LogP contribution in [-0.2, 0) is 11.3 Å². The van der Waals surface area contributed by atoms with Crippen molar-refractivity contribution in [3.8, 4) is 11.5 Å². The molecule has 1 saturated heterocycles. The number of nitrogens with zero attached hydrogens (tertiary/aromatic N) is 2.